The lowest BCUT2D eigenvalue weighted by Gasteiger charge is -2.01. The molecule has 0 unspecified atom stereocenters. The standard InChI is InChI=1S/C13H17N3O/c1-14-9-11-8-13(15-16(11)2)10-5-4-6-12(7-10)17-3/h4-8,14H,9H2,1-3H3. The molecule has 0 aliphatic heterocycles. The van der Waals surface area contributed by atoms with Crippen molar-refractivity contribution < 1.29 is 4.74 Å². The Kier molecular flexibility index (Phi) is 3.44. The maximum Gasteiger partial charge on any atom is 0.119 e. The number of nitrogens with zero attached hydrogens (tertiary/aromatic N) is 2. The first-order valence-corrected chi connectivity index (χ1v) is 5.56. The molecule has 17 heavy (non-hydrogen) atoms. The number of nitrogens with one attached hydrogen (secondary N) is 1. The summed E-state index contributed by atoms with van der Waals surface area (Å²) in [6.45, 7) is 0.813. The molecule has 0 bridgehead atoms. The van der Waals surface area contributed by atoms with Gasteiger partial charge >= 0.3 is 0 Å². The van der Waals surface area contributed by atoms with E-state index < -0.39 is 0 Å². The maximum absolute atomic E-state index is 5.21. The Hall–Kier alpha value is -1.81. The second kappa shape index (κ2) is 5.01. The van der Waals surface area contributed by atoms with Crippen LogP contribution in [0.2, 0.25) is 0 Å². The molecule has 1 aromatic heterocycles. The molecule has 0 spiro atoms. The Morgan fingerprint density at radius 1 is 1.35 bits per heavy atom. The average molecular weight is 231 g/mol. The highest BCUT2D eigenvalue weighted by Gasteiger charge is 2.07. The third-order valence-electron chi connectivity index (χ3n) is 2.70. The molecule has 0 aliphatic carbocycles. The zero-order valence-electron chi connectivity index (χ0n) is 10.4. The van der Waals surface area contributed by atoms with Crippen molar-refractivity contribution in [1.29, 1.82) is 0 Å². The molecule has 4 nitrogen and oxygen atoms in total. The molecule has 0 aliphatic rings. The van der Waals surface area contributed by atoms with Crippen LogP contribution in [0.4, 0.5) is 0 Å². The number of hydrogen-bond donors (Lipinski definition) is 1. The van der Waals surface area contributed by atoms with Crippen molar-refractivity contribution in [3.8, 4) is 17.0 Å². The lowest BCUT2D eigenvalue weighted by atomic mass is 10.1. The summed E-state index contributed by atoms with van der Waals surface area (Å²) in [5.41, 5.74) is 3.20. The lowest BCUT2D eigenvalue weighted by Crippen LogP contribution is -2.09. The van der Waals surface area contributed by atoms with Gasteiger partial charge in [-0.2, -0.15) is 5.10 Å². The number of aryl methyl sites for hydroxylation is 1. The highest BCUT2D eigenvalue weighted by atomic mass is 16.5. The zero-order chi connectivity index (χ0) is 12.3. The Balaban J connectivity index is 2.35. The normalized spacial score (nSPS) is 10.5. The van der Waals surface area contributed by atoms with Gasteiger partial charge in [0.1, 0.15) is 5.75 Å². The minimum absolute atomic E-state index is 0.813. The predicted molar refractivity (Wildman–Crippen MR) is 68.0 cm³/mol. The minimum atomic E-state index is 0.813. The molecule has 0 fully saturated rings. The fourth-order valence-corrected chi connectivity index (χ4v) is 1.78. The van der Waals surface area contributed by atoms with Crippen LogP contribution in [0, 0.1) is 0 Å². The van der Waals surface area contributed by atoms with Crippen LogP contribution in [0.15, 0.2) is 30.3 Å². The van der Waals surface area contributed by atoms with E-state index in [4.69, 9.17) is 4.74 Å². The number of aromatic nitrogens is 2. The van der Waals surface area contributed by atoms with Crippen molar-refractivity contribution >= 4 is 0 Å². The van der Waals surface area contributed by atoms with Crippen molar-refractivity contribution in [2.75, 3.05) is 14.2 Å². The lowest BCUT2D eigenvalue weighted by molar-refractivity contribution is 0.415. The van der Waals surface area contributed by atoms with Gasteiger partial charge in [0.25, 0.3) is 0 Å². The Morgan fingerprint density at radius 3 is 2.88 bits per heavy atom. The van der Waals surface area contributed by atoms with Crippen LogP contribution in [-0.4, -0.2) is 23.9 Å². The maximum atomic E-state index is 5.21. The fraction of sp³-hybridized carbons (Fsp3) is 0.308. The van der Waals surface area contributed by atoms with Crippen LogP contribution >= 0.6 is 0 Å². The zero-order valence-corrected chi connectivity index (χ0v) is 10.4. The minimum Gasteiger partial charge on any atom is -0.497 e. The van der Waals surface area contributed by atoms with Gasteiger partial charge in [0, 0.05) is 19.2 Å². The predicted octanol–water partition coefficient (Wildman–Crippen LogP) is 1.82. The highest BCUT2D eigenvalue weighted by Crippen LogP contribution is 2.23. The number of rotatable bonds is 4. The van der Waals surface area contributed by atoms with Crippen molar-refractivity contribution in [2.24, 2.45) is 7.05 Å². The van der Waals surface area contributed by atoms with E-state index in [0.29, 0.717) is 0 Å². The molecule has 2 rings (SSSR count). The summed E-state index contributed by atoms with van der Waals surface area (Å²) < 4.78 is 7.11. The summed E-state index contributed by atoms with van der Waals surface area (Å²) in [5.74, 6) is 0.850. The largest absolute Gasteiger partial charge is 0.497 e. The molecule has 1 N–H and O–H groups in total. The Bertz CT molecular complexity index is 505. The van der Waals surface area contributed by atoms with Gasteiger partial charge in [-0.1, -0.05) is 12.1 Å². The number of ether oxygens (including phenoxy) is 1. The van der Waals surface area contributed by atoms with Crippen LogP contribution in [-0.2, 0) is 13.6 Å². The van der Waals surface area contributed by atoms with E-state index >= 15 is 0 Å². The Labute approximate surface area is 101 Å². The number of hydrogen-bond acceptors (Lipinski definition) is 3. The Morgan fingerprint density at radius 2 is 2.18 bits per heavy atom. The van der Waals surface area contributed by atoms with E-state index in [2.05, 4.69) is 16.5 Å². The third kappa shape index (κ3) is 2.47. The summed E-state index contributed by atoms with van der Waals surface area (Å²) in [5, 5.41) is 7.62. The smallest absolute Gasteiger partial charge is 0.119 e. The first-order valence-electron chi connectivity index (χ1n) is 5.56. The second-order valence-electron chi connectivity index (χ2n) is 3.91. The average Bonchev–Trinajstić information content (AvgIpc) is 2.72. The van der Waals surface area contributed by atoms with Crippen molar-refractivity contribution in [3.63, 3.8) is 0 Å². The highest BCUT2D eigenvalue weighted by molar-refractivity contribution is 5.61. The first-order chi connectivity index (χ1) is 8.24. The summed E-state index contributed by atoms with van der Waals surface area (Å²) in [6.07, 6.45) is 0. The van der Waals surface area contributed by atoms with Crippen LogP contribution < -0.4 is 10.1 Å². The van der Waals surface area contributed by atoms with Gasteiger partial charge in [-0.05, 0) is 25.2 Å². The first kappa shape index (κ1) is 11.7. The van der Waals surface area contributed by atoms with Gasteiger partial charge in [0.05, 0.1) is 18.5 Å². The van der Waals surface area contributed by atoms with Gasteiger partial charge in [-0.15, -0.1) is 0 Å². The molecule has 1 aromatic carbocycles. The van der Waals surface area contributed by atoms with Gasteiger partial charge in [0.15, 0.2) is 0 Å². The summed E-state index contributed by atoms with van der Waals surface area (Å²) in [7, 11) is 5.55. The molecule has 4 heteroatoms. The van der Waals surface area contributed by atoms with Crippen molar-refractivity contribution in [3.05, 3.63) is 36.0 Å². The molecule has 0 amide bonds. The SMILES string of the molecule is CNCc1cc(-c2cccc(OC)c2)nn1C. The van der Waals surface area contributed by atoms with E-state index in [9.17, 15) is 0 Å². The topological polar surface area (TPSA) is 39.1 Å². The van der Waals surface area contributed by atoms with Gasteiger partial charge in [-0.3, -0.25) is 4.68 Å². The monoisotopic (exact) mass is 231 g/mol. The van der Waals surface area contributed by atoms with Gasteiger partial charge in [-0.25, -0.2) is 0 Å². The van der Waals surface area contributed by atoms with Crippen LogP contribution in [0.1, 0.15) is 5.69 Å². The molecule has 90 valence electrons. The molecule has 2 aromatic rings. The quantitative estimate of drug-likeness (QED) is 0.872. The molecule has 0 saturated carbocycles. The fourth-order valence-electron chi connectivity index (χ4n) is 1.78. The van der Waals surface area contributed by atoms with E-state index in [1.165, 1.54) is 0 Å². The van der Waals surface area contributed by atoms with Crippen LogP contribution in [0.3, 0.4) is 0 Å². The second-order valence-corrected chi connectivity index (χ2v) is 3.91. The molecule has 1 heterocycles. The van der Waals surface area contributed by atoms with E-state index in [-0.39, 0.29) is 0 Å². The molecule has 0 radical (unpaired) electrons. The van der Waals surface area contributed by atoms with E-state index in [0.717, 1.165) is 29.2 Å². The third-order valence-corrected chi connectivity index (χ3v) is 2.70. The van der Waals surface area contributed by atoms with Crippen molar-refractivity contribution in [1.82, 2.24) is 15.1 Å². The van der Waals surface area contributed by atoms with Crippen molar-refractivity contribution in [2.45, 2.75) is 6.54 Å². The molecular weight excluding hydrogens is 214 g/mol. The van der Waals surface area contributed by atoms with Gasteiger partial charge in [0.2, 0.25) is 0 Å². The van der Waals surface area contributed by atoms with E-state index in [1.807, 2.05) is 43.0 Å². The number of benzene rings is 1. The molecule has 0 saturated heterocycles. The summed E-state index contributed by atoms with van der Waals surface area (Å²) in [6, 6.07) is 10.0. The van der Waals surface area contributed by atoms with Crippen LogP contribution in [0.25, 0.3) is 11.3 Å². The summed E-state index contributed by atoms with van der Waals surface area (Å²) >= 11 is 0. The molecule has 0 atom stereocenters. The van der Waals surface area contributed by atoms with Crippen LogP contribution in [0.5, 0.6) is 5.75 Å². The molecular formula is C13H17N3O. The number of methoxy groups -OCH3 is 1. The van der Waals surface area contributed by atoms with Gasteiger partial charge < -0.3 is 10.1 Å². The van der Waals surface area contributed by atoms with E-state index in [1.54, 1.807) is 7.11 Å². The summed E-state index contributed by atoms with van der Waals surface area (Å²) in [4.78, 5) is 0.